The molecule has 0 bridgehead atoms. The number of nitrogens with zero attached hydrogens (tertiary/aromatic N) is 1. The van der Waals surface area contributed by atoms with Crippen molar-refractivity contribution in [2.75, 3.05) is 6.54 Å². The molecule has 0 atom stereocenters. The second kappa shape index (κ2) is 8.63. The van der Waals surface area contributed by atoms with E-state index in [0.717, 1.165) is 19.3 Å². The van der Waals surface area contributed by atoms with Gasteiger partial charge in [-0.3, -0.25) is 9.59 Å². The normalized spacial score (nSPS) is 10.2. The molecule has 0 saturated carbocycles. The quantitative estimate of drug-likeness (QED) is 0.568. The molecular formula is C13H17BrN2O3. The van der Waals surface area contributed by atoms with Gasteiger partial charge in [0.1, 0.15) is 4.60 Å². The zero-order chi connectivity index (χ0) is 14.1. The highest BCUT2D eigenvalue weighted by atomic mass is 79.9. The summed E-state index contributed by atoms with van der Waals surface area (Å²) in [5, 5.41) is 11.3. The van der Waals surface area contributed by atoms with Crippen molar-refractivity contribution < 1.29 is 14.7 Å². The van der Waals surface area contributed by atoms with Crippen LogP contribution in [0, 0.1) is 0 Å². The van der Waals surface area contributed by atoms with E-state index >= 15 is 0 Å². The molecule has 0 aliphatic rings. The first-order valence-corrected chi connectivity index (χ1v) is 7.00. The molecule has 19 heavy (non-hydrogen) atoms. The molecule has 104 valence electrons. The lowest BCUT2D eigenvalue weighted by atomic mass is 10.1. The first-order valence-electron chi connectivity index (χ1n) is 6.21. The number of hydrogen-bond donors (Lipinski definition) is 2. The molecule has 5 nitrogen and oxygen atoms in total. The molecule has 1 aromatic rings. The van der Waals surface area contributed by atoms with Crippen molar-refractivity contribution in [3.63, 3.8) is 0 Å². The van der Waals surface area contributed by atoms with Crippen molar-refractivity contribution in [2.45, 2.75) is 32.1 Å². The van der Waals surface area contributed by atoms with Gasteiger partial charge in [0, 0.05) is 19.2 Å². The van der Waals surface area contributed by atoms with Crippen LogP contribution in [0.4, 0.5) is 0 Å². The predicted octanol–water partition coefficient (Wildman–Crippen LogP) is 2.61. The largest absolute Gasteiger partial charge is 0.481 e. The van der Waals surface area contributed by atoms with Crippen molar-refractivity contribution in [1.29, 1.82) is 0 Å². The topological polar surface area (TPSA) is 79.3 Å². The second-order valence-corrected chi connectivity index (χ2v) is 5.00. The molecule has 0 aromatic carbocycles. The van der Waals surface area contributed by atoms with E-state index in [1.807, 2.05) is 0 Å². The maximum absolute atomic E-state index is 11.7. The fourth-order valence-corrected chi connectivity index (χ4v) is 1.80. The SMILES string of the molecule is O=C(O)CCCCCCNC(=O)c1ccc(Br)nc1. The van der Waals surface area contributed by atoms with Gasteiger partial charge >= 0.3 is 5.97 Å². The first kappa shape index (κ1) is 15.6. The number of carbonyl (C=O) groups is 2. The van der Waals surface area contributed by atoms with Gasteiger partial charge in [0.25, 0.3) is 5.91 Å². The zero-order valence-corrected chi connectivity index (χ0v) is 12.1. The van der Waals surface area contributed by atoms with Crippen molar-refractivity contribution >= 4 is 27.8 Å². The van der Waals surface area contributed by atoms with Gasteiger partial charge in [-0.2, -0.15) is 0 Å². The number of nitrogens with one attached hydrogen (secondary N) is 1. The summed E-state index contributed by atoms with van der Waals surface area (Å²) < 4.78 is 0.697. The number of pyridine rings is 1. The Morgan fingerprint density at radius 3 is 2.58 bits per heavy atom. The van der Waals surface area contributed by atoms with Gasteiger partial charge in [-0.05, 0) is 40.9 Å². The number of rotatable bonds is 8. The lowest BCUT2D eigenvalue weighted by Crippen LogP contribution is -2.24. The monoisotopic (exact) mass is 328 g/mol. The standard InChI is InChI=1S/C13H17BrN2O3/c14-11-7-6-10(9-16-11)13(19)15-8-4-2-1-3-5-12(17)18/h6-7,9H,1-5,8H2,(H,15,19)(H,17,18). The van der Waals surface area contributed by atoms with E-state index in [1.54, 1.807) is 12.1 Å². The first-order chi connectivity index (χ1) is 9.09. The van der Waals surface area contributed by atoms with E-state index in [9.17, 15) is 9.59 Å². The molecule has 1 amide bonds. The van der Waals surface area contributed by atoms with Crippen LogP contribution < -0.4 is 5.32 Å². The molecule has 0 aliphatic carbocycles. The summed E-state index contributed by atoms with van der Waals surface area (Å²) in [7, 11) is 0. The highest BCUT2D eigenvalue weighted by Gasteiger charge is 2.04. The summed E-state index contributed by atoms with van der Waals surface area (Å²) in [6, 6.07) is 3.43. The summed E-state index contributed by atoms with van der Waals surface area (Å²) in [4.78, 5) is 26.0. The van der Waals surface area contributed by atoms with Crippen LogP contribution in [0.15, 0.2) is 22.9 Å². The minimum atomic E-state index is -0.754. The molecule has 0 fully saturated rings. The maximum Gasteiger partial charge on any atom is 0.303 e. The average molecular weight is 329 g/mol. The summed E-state index contributed by atoms with van der Waals surface area (Å²) in [5.41, 5.74) is 0.536. The number of aromatic nitrogens is 1. The fraction of sp³-hybridized carbons (Fsp3) is 0.462. The second-order valence-electron chi connectivity index (χ2n) is 4.18. The molecule has 1 heterocycles. The van der Waals surface area contributed by atoms with Gasteiger partial charge in [0.2, 0.25) is 0 Å². The van der Waals surface area contributed by atoms with Crippen molar-refractivity contribution in [3.8, 4) is 0 Å². The summed E-state index contributed by atoms with van der Waals surface area (Å²) >= 11 is 3.21. The Kier molecular flexibility index (Phi) is 7.10. The van der Waals surface area contributed by atoms with Crippen molar-refractivity contribution in [2.24, 2.45) is 0 Å². The smallest absolute Gasteiger partial charge is 0.303 e. The van der Waals surface area contributed by atoms with Gasteiger partial charge in [-0.1, -0.05) is 12.8 Å². The van der Waals surface area contributed by atoms with Crippen molar-refractivity contribution in [3.05, 3.63) is 28.5 Å². The Hall–Kier alpha value is -1.43. The van der Waals surface area contributed by atoms with Crippen LogP contribution in [-0.2, 0) is 4.79 Å². The number of carbonyl (C=O) groups excluding carboxylic acids is 1. The van der Waals surface area contributed by atoms with Gasteiger partial charge in [0.05, 0.1) is 5.56 Å². The third-order valence-corrected chi connectivity index (χ3v) is 3.06. The summed E-state index contributed by atoms with van der Waals surface area (Å²) in [5.74, 6) is -0.887. The molecule has 0 saturated heterocycles. The molecule has 0 aliphatic heterocycles. The third-order valence-electron chi connectivity index (χ3n) is 2.59. The van der Waals surface area contributed by atoms with Gasteiger partial charge in [0.15, 0.2) is 0 Å². The highest BCUT2D eigenvalue weighted by molar-refractivity contribution is 9.10. The van der Waals surface area contributed by atoms with Crippen LogP contribution in [0.3, 0.4) is 0 Å². The lowest BCUT2D eigenvalue weighted by molar-refractivity contribution is -0.137. The number of halogens is 1. The van der Waals surface area contributed by atoms with Gasteiger partial charge in [-0.15, -0.1) is 0 Å². The van der Waals surface area contributed by atoms with Gasteiger partial charge in [-0.25, -0.2) is 4.98 Å². The van der Waals surface area contributed by atoms with E-state index in [4.69, 9.17) is 5.11 Å². The number of hydrogen-bond acceptors (Lipinski definition) is 3. The highest BCUT2D eigenvalue weighted by Crippen LogP contribution is 2.06. The van der Waals surface area contributed by atoms with Crippen LogP contribution in [0.5, 0.6) is 0 Å². The zero-order valence-electron chi connectivity index (χ0n) is 10.6. The average Bonchev–Trinajstić information content (AvgIpc) is 2.38. The molecule has 1 rings (SSSR count). The Labute approximate surface area is 120 Å². The van der Waals surface area contributed by atoms with Crippen LogP contribution in [-0.4, -0.2) is 28.5 Å². The molecular weight excluding hydrogens is 312 g/mol. The molecule has 2 N–H and O–H groups in total. The van der Waals surface area contributed by atoms with E-state index < -0.39 is 5.97 Å². The number of carboxylic acid groups (broad SMARTS) is 1. The molecule has 0 radical (unpaired) electrons. The number of amides is 1. The minimum absolute atomic E-state index is 0.134. The molecule has 1 aromatic heterocycles. The van der Waals surface area contributed by atoms with E-state index in [1.165, 1.54) is 6.20 Å². The Morgan fingerprint density at radius 2 is 1.95 bits per heavy atom. The Balaban J connectivity index is 2.11. The Bertz CT molecular complexity index is 420. The van der Waals surface area contributed by atoms with E-state index in [2.05, 4.69) is 26.2 Å². The predicted molar refractivity (Wildman–Crippen MR) is 75.0 cm³/mol. The number of unbranched alkanes of at least 4 members (excludes halogenated alkanes) is 3. The number of aliphatic carboxylic acids is 1. The van der Waals surface area contributed by atoms with Crippen molar-refractivity contribution in [1.82, 2.24) is 10.3 Å². The Morgan fingerprint density at radius 1 is 1.21 bits per heavy atom. The maximum atomic E-state index is 11.7. The molecule has 6 heteroatoms. The van der Waals surface area contributed by atoms with E-state index in [-0.39, 0.29) is 12.3 Å². The van der Waals surface area contributed by atoms with E-state index in [0.29, 0.717) is 23.1 Å². The van der Waals surface area contributed by atoms with Crippen LogP contribution in [0.25, 0.3) is 0 Å². The number of carboxylic acids is 1. The molecule has 0 unspecified atom stereocenters. The van der Waals surface area contributed by atoms with Crippen LogP contribution >= 0.6 is 15.9 Å². The summed E-state index contributed by atoms with van der Waals surface area (Å²) in [6.45, 7) is 0.599. The van der Waals surface area contributed by atoms with Crippen LogP contribution in [0.2, 0.25) is 0 Å². The lowest BCUT2D eigenvalue weighted by Gasteiger charge is -2.04. The van der Waals surface area contributed by atoms with Gasteiger partial charge < -0.3 is 10.4 Å². The molecule has 0 spiro atoms. The minimum Gasteiger partial charge on any atom is -0.481 e. The third kappa shape index (κ3) is 6.91. The summed E-state index contributed by atoms with van der Waals surface area (Å²) in [6.07, 6.45) is 5.09. The fourth-order valence-electron chi connectivity index (χ4n) is 1.57. The van der Waals surface area contributed by atoms with Crippen LogP contribution in [0.1, 0.15) is 42.5 Å².